The molecule has 0 fully saturated rings. The number of para-hydroxylation sites is 1. The van der Waals surface area contributed by atoms with Gasteiger partial charge < -0.3 is 10.6 Å². The average molecular weight is 265 g/mol. The number of aromatic nitrogens is 1. The molecule has 4 nitrogen and oxygen atoms in total. The lowest BCUT2D eigenvalue weighted by molar-refractivity contribution is 0.0995. The van der Waals surface area contributed by atoms with Gasteiger partial charge in [0.1, 0.15) is 10.7 Å². The standard InChI is InChI=1S/C12H12FN3OS/c1-7-10(18-12(14)15-7)11(17)16(2)9-6-4-3-5-8(9)13/h3-6H,1-2H3,(H2,14,15). The zero-order valence-electron chi connectivity index (χ0n) is 9.98. The van der Waals surface area contributed by atoms with Crippen molar-refractivity contribution in [2.24, 2.45) is 0 Å². The van der Waals surface area contributed by atoms with Gasteiger partial charge in [0.25, 0.3) is 5.91 Å². The van der Waals surface area contributed by atoms with Crippen LogP contribution in [0.2, 0.25) is 0 Å². The Kier molecular flexibility index (Phi) is 3.29. The van der Waals surface area contributed by atoms with Crippen molar-refractivity contribution in [2.45, 2.75) is 6.92 Å². The smallest absolute Gasteiger partial charge is 0.270 e. The van der Waals surface area contributed by atoms with Crippen molar-refractivity contribution < 1.29 is 9.18 Å². The highest BCUT2D eigenvalue weighted by Crippen LogP contribution is 2.25. The van der Waals surface area contributed by atoms with Crippen LogP contribution in [-0.4, -0.2) is 17.9 Å². The molecule has 0 saturated carbocycles. The second kappa shape index (κ2) is 4.73. The van der Waals surface area contributed by atoms with Crippen LogP contribution in [0.4, 0.5) is 15.2 Å². The molecule has 1 aromatic carbocycles. The molecular weight excluding hydrogens is 253 g/mol. The lowest BCUT2D eigenvalue weighted by atomic mass is 10.2. The van der Waals surface area contributed by atoms with Crippen LogP contribution < -0.4 is 10.6 Å². The third kappa shape index (κ3) is 2.19. The SMILES string of the molecule is Cc1nc(N)sc1C(=O)N(C)c1ccccc1F. The van der Waals surface area contributed by atoms with E-state index in [1.807, 2.05) is 0 Å². The maximum atomic E-state index is 13.6. The van der Waals surface area contributed by atoms with Crippen LogP contribution in [0.1, 0.15) is 15.4 Å². The molecule has 0 atom stereocenters. The molecule has 18 heavy (non-hydrogen) atoms. The molecule has 0 saturated heterocycles. The zero-order chi connectivity index (χ0) is 13.3. The van der Waals surface area contributed by atoms with E-state index in [9.17, 15) is 9.18 Å². The van der Waals surface area contributed by atoms with Crippen LogP contribution in [-0.2, 0) is 0 Å². The van der Waals surface area contributed by atoms with Crippen molar-refractivity contribution in [1.82, 2.24) is 4.98 Å². The molecule has 0 unspecified atom stereocenters. The Balaban J connectivity index is 2.35. The van der Waals surface area contributed by atoms with Gasteiger partial charge in [0.2, 0.25) is 0 Å². The molecule has 1 heterocycles. The molecule has 2 rings (SSSR count). The second-order valence-corrected chi connectivity index (χ2v) is 4.81. The molecule has 0 radical (unpaired) electrons. The lowest BCUT2D eigenvalue weighted by Gasteiger charge is -2.17. The summed E-state index contributed by atoms with van der Waals surface area (Å²) in [6.07, 6.45) is 0. The van der Waals surface area contributed by atoms with Gasteiger partial charge in [-0.25, -0.2) is 9.37 Å². The Bertz CT molecular complexity index is 597. The number of benzene rings is 1. The van der Waals surface area contributed by atoms with E-state index in [1.165, 1.54) is 18.0 Å². The number of amides is 1. The van der Waals surface area contributed by atoms with Gasteiger partial charge in [0.15, 0.2) is 5.13 Å². The summed E-state index contributed by atoms with van der Waals surface area (Å²) >= 11 is 1.10. The monoisotopic (exact) mass is 265 g/mol. The number of thiazole rings is 1. The minimum atomic E-state index is -0.441. The van der Waals surface area contributed by atoms with Crippen LogP contribution in [0.3, 0.4) is 0 Å². The summed E-state index contributed by atoms with van der Waals surface area (Å²) in [6, 6.07) is 6.11. The van der Waals surface area contributed by atoms with Crippen molar-refractivity contribution in [2.75, 3.05) is 17.7 Å². The van der Waals surface area contributed by atoms with Gasteiger partial charge in [0, 0.05) is 7.05 Å². The van der Waals surface area contributed by atoms with Gasteiger partial charge in [0.05, 0.1) is 11.4 Å². The quantitative estimate of drug-likeness (QED) is 0.907. The first-order valence-electron chi connectivity index (χ1n) is 5.26. The van der Waals surface area contributed by atoms with E-state index in [0.29, 0.717) is 15.7 Å². The lowest BCUT2D eigenvalue weighted by Crippen LogP contribution is -2.26. The molecular formula is C12H12FN3OS. The van der Waals surface area contributed by atoms with Gasteiger partial charge in [-0.15, -0.1) is 0 Å². The number of aryl methyl sites for hydroxylation is 1. The molecule has 0 spiro atoms. The summed E-state index contributed by atoms with van der Waals surface area (Å²) in [6.45, 7) is 1.70. The predicted octanol–water partition coefficient (Wildman–Crippen LogP) is 2.45. The summed E-state index contributed by atoms with van der Waals surface area (Å²) in [7, 11) is 1.52. The summed E-state index contributed by atoms with van der Waals surface area (Å²) in [5, 5.41) is 0.331. The molecule has 0 aliphatic heterocycles. The van der Waals surface area contributed by atoms with Gasteiger partial charge in [-0.05, 0) is 19.1 Å². The summed E-state index contributed by atoms with van der Waals surface area (Å²) in [4.78, 5) is 17.9. The predicted molar refractivity (Wildman–Crippen MR) is 70.4 cm³/mol. The van der Waals surface area contributed by atoms with Crippen molar-refractivity contribution in [3.63, 3.8) is 0 Å². The molecule has 0 aliphatic carbocycles. The minimum absolute atomic E-state index is 0.230. The fourth-order valence-corrected chi connectivity index (χ4v) is 2.41. The highest BCUT2D eigenvalue weighted by molar-refractivity contribution is 7.17. The van der Waals surface area contributed by atoms with E-state index in [1.54, 1.807) is 25.1 Å². The Labute approximate surface area is 108 Å². The molecule has 0 bridgehead atoms. The first kappa shape index (κ1) is 12.5. The van der Waals surface area contributed by atoms with Crippen LogP contribution in [0.15, 0.2) is 24.3 Å². The average Bonchev–Trinajstić information content (AvgIpc) is 2.67. The van der Waals surface area contributed by atoms with Crippen LogP contribution in [0, 0.1) is 12.7 Å². The van der Waals surface area contributed by atoms with E-state index in [4.69, 9.17) is 5.73 Å². The third-order valence-electron chi connectivity index (χ3n) is 2.53. The summed E-state index contributed by atoms with van der Waals surface area (Å²) < 4.78 is 13.6. The normalized spacial score (nSPS) is 10.4. The number of hydrogen-bond donors (Lipinski definition) is 1. The molecule has 0 aliphatic rings. The number of carbonyl (C=O) groups excluding carboxylic acids is 1. The Morgan fingerprint density at radius 1 is 1.44 bits per heavy atom. The van der Waals surface area contributed by atoms with Crippen LogP contribution in [0.5, 0.6) is 0 Å². The number of hydrogen-bond acceptors (Lipinski definition) is 4. The molecule has 1 amide bonds. The molecule has 6 heteroatoms. The van der Waals surface area contributed by atoms with Crippen molar-refractivity contribution in [1.29, 1.82) is 0 Å². The van der Waals surface area contributed by atoms with E-state index in [0.717, 1.165) is 11.3 Å². The maximum Gasteiger partial charge on any atom is 0.270 e. The van der Waals surface area contributed by atoms with Crippen LogP contribution >= 0.6 is 11.3 Å². The van der Waals surface area contributed by atoms with Gasteiger partial charge in [-0.2, -0.15) is 0 Å². The minimum Gasteiger partial charge on any atom is -0.375 e. The number of nitrogens with zero attached hydrogens (tertiary/aromatic N) is 2. The van der Waals surface area contributed by atoms with Gasteiger partial charge in [-0.3, -0.25) is 4.79 Å². The van der Waals surface area contributed by atoms with Crippen LogP contribution in [0.25, 0.3) is 0 Å². The molecule has 94 valence electrons. The maximum absolute atomic E-state index is 13.6. The van der Waals surface area contributed by atoms with Crippen molar-refractivity contribution in [3.05, 3.63) is 40.7 Å². The summed E-state index contributed by atoms with van der Waals surface area (Å²) in [5.74, 6) is -0.754. The Hall–Kier alpha value is -1.95. The number of halogens is 1. The largest absolute Gasteiger partial charge is 0.375 e. The first-order chi connectivity index (χ1) is 8.50. The highest BCUT2D eigenvalue weighted by Gasteiger charge is 2.21. The second-order valence-electron chi connectivity index (χ2n) is 3.78. The third-order valence-corrected chi connectivity index (χ3v) is 3.50. The molecule has 2 N–H and O–H groups in total. The molecule has 1 aromatic heterocycles. The number of anilines is 2. The molecule has 2 aromatic rings. The van der Waals surface area contributed by atoms with Gasteiger partial charge in [-0.1, -0.05) is 23.5 Å². The topological polar surface area (TPSA) is 59.2 Å². The van der Waals surface area contributed by atoms with Crippen molar-refractivity contribution in [3.8, 4) is 0 Å². The van der Waals surface area contributed by atoms with Gasteiger partial charge >= 0.3 is 0 Å². The van der Waals surface area contributed by atoms with Crippen molar-refractivity contribution >= 4 is 28.1 Å². The Morgan fingerprint density at radius 2 is 2.11 bits per heavy atom. The number of rotatable bonds is 2. The van der Waals surface area contributed by atoms with E-state index in [2.05, 4.69) is 4.98 Å². The highest BCUT2D eigenvalue weighted by atomic mass is 32.1. The fraction of sp³-hybridized carbons (Fsp3) is 0.167. The number of carbonyl (C=O) groups is 1. The summed E-state index contributed by atoms with van der Waals surface area (Å²) in [5.41, 5.74) is 6.34. The first-order valence-corrected chi connectivity index (χ1v) is 6.08. The number of nitrogen functional groups attached to an aromatic ring is 1. The van der Waals surface area contributed by atoms with E-state index < -0.39 is 5.82 Å². The Morgan fingerprint density at radius 3 is 2.67 bits per heavy atom. The fourth-order valence-electron chi connectivity index (χ4n) is 1.60. The van der Waals surface area contributed by atoms with E-state index >= 15 is 0 Å². The zero-order valence-corrected chi connectivity index (χ0v) is 10.8. The van der Waals surface area contributed by atoms with E-state index in [-0.39, 0.29) is 11.6 Å². The number of nitrogens with two attached hydrogens (primary N) is 1.